The Morgan fingerprint density at radius 2 is 1.80 bits per heavy atom. The lowest BCUT2D eigenvalue weighted by Gasteiger charge is -2.18. The number of hydrazine groups is 1. The molecular formula is C30H32FN7O3. The molecule has 0 aliphatic carbocycles. The van der Waals surface area contributed by atoms with Gasteiger partial charge in [-0.25, -0.2) is 4.39 Å². The number of hydrogen-bond donors (Lipinski definition) is 3. The van der Waals surface area contributed by atoms with Crippen LogP contribution >= 0.6 is 0 Å². The zero-order valence-electron chi connectivity index (χ0n) is 23.1. The molecule has 0 aliphatic heterocycles. The van der Waals surface area contributed by atoms with Crippen molar-refractivity contribution in [3.63, 3.8) is 0 Å². The molecule has 10 nitrogen and oxygen atoms in total. The molecule has 4 aromatic rings. The standard InChI is InChI=1S/C30H32FN7O3/c1-5-38-13-12-27(36-38)24-15-22(14-23(16-24)25-17-32-37(4)18-25)20(3)33-30(41)26-9-7-6-8-21(26)10-11-28(39)34-35-29(40)19(2)31/h6-9,12-18,20H,2,5,10-11H2,1,3-4H3,(H,33,41)(H,34,39)(H,35,40)/t20-/m1/s1. The molecule has 0 spiro atoms. The quantitative estimate of drug-likeness (QED) is 0.201. The minimum Gasteiger partial charge on any atom is -0.346 e. The maximum atomic E-state index is 13.4. The second-order valence-corrected chi connectivity index (χ2v) is 9.56. The molecule has 0 bridgehead atoms. The van der Waals surface area contributed by atoms with Crippen molar-refractivity contribution in [3.8, 4) is 22.4 Å². The highest BCUT2D eigenvalue weighted by molar-refractivity contribution is 5.96. The number of nitrogens with zero attached hydrogens (tertiary/aromatic N) is 4. The number of rotatable bonds is 10. The van der Waals surface area contributed by atoms with Crippen molar-refractivity contribution in [2.24, 2.45) is 7.05 Å². The van der Waals surface area contributed by atoms with E-state index in [2.05, 4.69) is 33.6 Å². The summed E-state index contributed by atoms with van der Waals surface area (Å²) < 4.78 is 16.4. The summed E-state index contributed by atoms with van der Waals surface area (Å²) in [7, 11) is 1.86. The lowest BCUT2D eigenvalue weighted by Crippen LogP contribution is -2.41. The Hall–Kier alpha value is -5.06. The molecule has 41 heavy (non-hydrogen) atoms. The molecule has 2 aromatic heterocycles. The van der Waals surface area contributed by atoms with Gasteiger partial charge in [0.2, 0.25) is 5.91 Å². The van der Waals surface area contributed by atoms with Crippen LogP contribution < -0.4 is 16.2 Å². The van der Waals surface area contributed by atoms with E-state index in [-0.39, 0.29) is 24.8 Å². The second-order valence-electron chi connectivity index (χ2n) is 9.56. The maximum absolute atomic E-state index is 13.4. The van der Waals surface area contributed by atoms with Crippen molar-refractivity contribution in [3.05, 3.63) is 96.2 Å². The molecule has 0 fully saturated rings. The predicted molar refractivity (Wildman–Crippen MR) is 153 cm³/mol. The number of carbonyl (C=O) groups is 3. The Kier molecular flexibility index (Phi) is 9.08. The van der Waals surface area contributed by atoms with E-state index in [4.69, 9.17) is 0 Å². The van der Waals surface area contributed by atoms with Gasteiger partial charge in [0.05, 0.1) is 17.9 Å². The number of aryl methyl sites for hydroxylation is 3. The van der Waals surface area contributed by atoms with E-state index in [1.54, 1.807) is 35.1 Å². The third kappa shape index (κ3) is 7.33. The van der Waals surface area contributed by atoms with Gasteiger partial charge in [0.25, 0.3) is 11.8 Å². The molecule has 2 heterocycles. The zero-order valence-corrected chi connectivity index (χ0v) is 23.1. The predicted octanol–water partition coefficient (Wildman–Crippen LogP) is 4.02. The van der Waals surface area contributed by atoms with Crippen LogP contribution in [0.4, 0.5) is 4.39 Å². The minimum absolute atomic E-state index is 0.0280. The van der Waals surface area contributed by atoms with Crippen LogP contribution in [0.3, 0.4) is 0 Å². The van der Waals surface area contributed by atoms with Crippen molar-refractivity contribution in [2.75, 3.05) is 0 Å². The Bertz CT molecular complexity index is 1590. The molecule has 3 N–H and O–H groups in total. The van der Waals surface area contributed by atoms with E-state index in [1.165, 1.54) is 0 Å². The molecular weight excluding hydrogens is 525 g/mol. The van der Waals surface area contributed by atoms with Crippen molar-refractivity contribution in [1.29, 1.82) is 0 Å². The summed E-state index contributed by atoms with van der Waals surface area (Å²) in [6.07, 6.45) is 5.86. The van der Waals surface area contributed by atoms with E-state index >= 15 is 0 Å². The van der Waals surface area contributed by atoms with Gasteiger partial charge in [-0.05, 0) is 67.3 Å². The van der Waals surface area contributed by atoms with Gasteiger partial charge in [-0.2, -0.15) is 10.2 Å². The molecule has 11 heteroatoms. The zero-order chi connectivity index (χ0) is 29.5. The Balaban J connectivity index is 1.52. The molecule has 0 saturated heterocycles. The summed E-state index contributed by atoms with van der Waals surface area (Å²) in [5.74, 6) is -3.16. The smallest absolute Gasteiger partial charge is 0.297 e. The van der Waals surface area contributed by atoms with Crippen LogP contribution in [-0.4, -0.2) is 37.3 Å². The molecule has 0 aliphatic rings. The first-order valence-electron chi connectivity index (χ1n) is 13.1. The summed E-state index contributed by atoms with van der Waals surface area (Å²) in [6, 6.07) is 14.7. The fourth-order valence-electron chi connectivity index (χ4n) is 4.30. The Morgan fingerprint density at radius 3 is 2.49 bits per heavy atom. The fourth-order valence-corrected chi connectivity index (χ4v) is 4.30. The van der Waals surface area contributed by atoms with E-state index in [0.717, 1.165) is 34.5 Å². The van der Waals surface area contributed by atoms with Gasteiger partial charge in [0.1, 0.15) is 0 Å². The van der Waals surface area contributed by atoms with Crippen LogP contribution in [0.15, 0.2) is 79.5 Å². The van der Waals surface area contributed by atoms with Crippen molar-refractivity contribution >= 4 is 17.7 Å². The molecule has 0 saturated carbocycles. The first kappa shape index (κ1) is 28.9. The van der Waals surface area contributed by atoms with E-state index in [1.807, 2.05) is 61.6 Å². The number of aromatic nitrogens is 4. The summed E-state index contributed by atoms with van der Waals surface area (Å²) in [5.41, 5.74) is 9.68. The second kappa shape index (κ2) is 12.9. The Morgan fingerprint density at radius 1 is 1.05 bits per heavy atom. The first-order valence-corrected chi connectivity index (χ1v) is 13.1. The molecule has 2 aromatic carbocycles. The van der Waals surface area contributed by atoms with Gasteiger partial charge in [0, 0.05) is 49.1 Å². The van der Waals surface area contributed by atoms with Crippen LogP contribution in [0.1, 0.15) is 47.8 Å². The third-order valence-corrected chi connectivity index (χ3v) is 6.55. The topological polar surface area (TPSA) is 123 Å². The van der Waals surface area contributed by atoms with Crippen molar-refractivity contribution < 1.29 is 18.8 Å². The third-order valence-electron chi connectivity index (χ3n) is 6.55. The molecule has 0 unspecified atom stereocenters. The highest BCUT2D eigenvalue weighted by Gasteiger charge is 2.18. The average molecular weight is 558 g/mol. The molecule has 4 rings (SSSR count). The largest absolute Gasteiger partial charge is 0.346 e. The lowest BCUT2D eigenvalue weighted by atomic mass is 9.96. The van der Waals surface area contributed by atoms with E-state index in [9.17, 15) is 18.8 Å². The van der Waals surface area contributed by atoms with Gasteiger partial charge in [0.15, 0.2) is 5.83 Å². The Labute approximate surface area is 237 Å². The number of halogens is 1. The minimum atomic E-state index is -1.21. The SMILES string of the molecule is C=C(F)C(=O)NNC(=O)CCc1ccccc1C(=O)N[C@H](C)c1cc(-c2cnn(C)c2)cc(-c2ccn(CC)n2)c1. The average Bonchev–Trinajstić information content (AvgIpc) is 3.64. The number of nitrogens with one attached hydrogen (secondary N) is 3. The highest BCUT2D eigenvalue weighted by atomic mass is 19.1. The van der Waals surface area contributed by atoms with E-state index < -0.39 is 17.6 Å². The summed E-state index contributed by atoms with van der Waals surface area (Å²) in [6.45, 7) is 7.56. The van der Waals surface area contributed by atoms with Crippen LogP contribution in [0, 0.1) is 0 Å². The summed E-state index contributed by atoms with van der Waals surface area (Å²) >= 11 is 0. The summed E-state index contributed by atoms with van der Waals surface area (Å²) in [4.78, 5) is 36.7. The number of amides is 3. The first-order chi connectivity index (χ1) is 19.6. The lowest BCUT2D eigenvalue weighted by molar-refractivity contribution is -0.127. The van der Waals surface area contributed by atoms with Crippen LogP contribution in [0.5, 0.6) is 0 Å². The summed E-state index contributed by atoms with van der Waals surface area (Å²) in [5, 5.41) is 12.0. The van der Waals surface area contributed by atoms with Crippen molar-refractivity contribution in [1.82, 2.24) is 35.7 Å². The fraction of sp³-hybridized carbons (Fsp3) is 0.233. The molecule has 1 atom stereocenters. The monoisotopic (exact) mass is 557 g/mol. The van der Waals surface area contributed by atoms with Crippen LogP contribution in [0.25, 0.3) is 22.4 Å². The van der Waals surface area contributed by atoms with Crippen LogP contribution in [0.2, 0.25) is 0 Å². The molecule has 212 valence electrons. The van der Waals surface area contributed by atoms with Gasteiger partial charge in [-0.15, -0.1) is 0 Å². The van der Waals surface area contributed by atoms with E-state index in [0.29, 0.717) is 11.1 Å². The number of benzene rings is 2. The molecule has 3 amide bonds. The normalized spacial score (nSPS) is 11.5. The number of carbonyl (C=O) groups excluding carboxylic acids is 3. The van der Waals surface area contributed by atoms with Crippen molar-refractivity contribution in [2.45, 2.75) is 39.3 Å². The molecule has 0 radical (unpaired) electrons. The van der Waals surface area contributed by atoms with Gasteiger partial charge in [-0.1, -0.05) is 24.8 Å². The van der Waals surface area contributed by atoms with Gasteiger partial charge in [-0.3, -0.25) is 34.6 Å². The van der Waals surface area contributed by atoms with Crippen LogP contribution in [-0.2, 0) is 29.6 Å². The highest BCUT2D eigenvalue weighted by Crippen LogP contribution is 2.30. The van der Waals surface area contributed by atoms with Gasteiger partial charge >= 0.3 is 0 Å². The number of hydrogen-bond acceptors (Lipinski definition) is 5. The maximum Gasteiger partial charge on any atom is 0.297 e. The van der Waals surface area contributed by atoms with Gasteiger partial charge < -0.3 is 5.32 Å².